The number of aryl methyl sites for hydroxylation is 2. The Morgan fingerprint density at radius 2 is 0.622 bits per heavy atom. The molecule has 0 aliphatic carbocycles. The number of fused-ring (bicyclic) bond motifs is 7. The molecular formula is C68H52N6. The summed E-state index contributed by atoms with van der Waals surface area (Å²) >= 11 is 0. The number of benzene rings is 11. The summed E-state index contributed by atoms with van der Waals surface area (Å²) < 4.78 is 4.91. The number of para-hydroxylation sites is 4. The van der Waals surface area contributed by atoms with Crippen LogP contribution in [0.1, 0.15) is 11.1 Å². The summed E-state index contributed by atoms with van der Waals surface area (Å²) in [6, 6.07) is 91.1. The van der Waals surface area contributed by atoms with Gasteiger partial charge >= 0.3 is 0 Å². The first-order valence-electron chi connectivity index (χ1n) is 25.3. The summed E-state index contributed by atoms with van der Waals surface area (Å²) in [5.74, 6) is 0. The average Bonchev–Trinajstić information content (AvgIpc) is 3.97. The molecule has 0 fully saturated rings. The summed E-state index contributed by atoms with van der Waals surface area (Å²) in [5, 5.41) is 20.5. The predicted octanol–water partition coefficient (Wildman–Crippen LogP) is 18.8. The van der Waals surface area contributed by atoms with Crippen molar-refractivity contribution in [3.05, 3.63) is 266 Å². The van der Waals surface area contributed by atoms with Crippen LogP contribution in [0.4, 0.5) is 45.5 Å². The van der Waals surface area contributed by atoms with Crippen LogP contribution in [0.5, 0.6) is 0 Å². The molecule has 0 radical (unpaired) electrons. The number of rotatable bonds is 12. The summed E-state index contributed by atoms with van der Waals surface area (Å²) in [6.45, 7) is 4.28. The lowest BCUT2D eigenvalue weighted by Gasteiger charge is -2.24. The van der Waals surface area contributed by atoms with Crippen molar-refractivity contribution in [3.63, 3.8) is 0 Å². The van der Waals surface area contributed by atoms with Gasteiger partial charge in [0.2, 0.25) is 0 Å². The molecule has 0 aliphatic heterocycles. The number of anilines is 8. The molecule has 6 nitrogen and oxygen atoms in total. The zero-order chi connectivity index (χ0) is 49.5. The van der Waals surface area contributed by atoms with E-state index in [2.05, 4.69) is 299 Å². The third-order valence-electron chi connectivity index (χ3n) is 14.2. The predicted molar refractivity (Wildman–Crippen MR) is 314 cm³/mol. The monoisotopic (exact) mass is 952 g/mol. The number of nitrogens with zero attached hydrogens (tertiary/aromatic N) is 2. The first-order valence-corrected chi connectivity index (χ1v) is 25.3. The molecule has 0 saturated heterocycles. The van der Waals surface area contributed by atoms with Gasteiger partial charge in [-0.2, -0.15) is 0 Å². The van der Waals surface area contributed by atoms with E-state index in [1.165, 1.54) is 32.7 Å². The van der Waals surface area contributed by atoms with Crippen LogP contribution in [0.2, 0.25) is 0 Å². The maximum absolute atomic E-state index is 3.96. The van der Waals surface area contributed by atoms with Crippen molar-refractivity contribution in [1.82, 2.24) is 9.13 Å². The average molecular weight is 953 g/mol. The minimum atomic E-state index is 0.966. The zero-order valence-electron chi connectivity index (χ0n) is 41.1. The van der Waals surface area contributed by atoms with Gasteiger partial charge in [-0.1, -0.05) is 170 Å². The lowest BCUT2D eigenvalue weighted by atomic mass is 10.00. The Morgan fingerprint density at radius 3 is 1.03 bits per heavy atom. The molecule has 13 rings (SSSR count). The third kappa shape index (κ3) is 7.95. The van der Waals surface area contributed by atoms with Crippen molar-refractivity contribution < 1.29 is 0 Å². The first-order chi connectivity index (χ1) is 36.5. The molecule has 0 amide bonds. The van der Waals surface area contributed by atoms with Gasteiger partial charge in [0.1, 0.15) is 0 Å². The quantitative estimate of drug-likeness (QED) is 0.0986. The van der Waals surface area contributed by atoms with Crippen molar-refractivity contribution in [3.8, 4) is 33.6 Å². The fraction of sp³-hybridized carbons (Fsp3) is 0.0294. The normalized spacial score (nSPS) is 11.4. The minimum Gasteiger partial charge on any atom is -0.353 e. The molecule has 0 unspecified atom stereocenters. The van der Waals surface area contributed by atoms with Crippen LogP contribution < -0.4 is 21.3 Å². The van der Waals surface area contributed by atoms with Crippen molar-refractivity contribution in [2.45, 2.75) is 13.8 Å². The Bertz CT molecular complexity index is 3920. The highest BCUT2D eigenvalue weighted by molar-refractivity contribution is 6.29. The highest BCUT2D eigenvalue weighted by Crippen LogP contribution is 2.49. The standard InChI is InChI=1S/C68H52N6/c1-45-21-19-31-51(43-45)71-65-53(47-23-7-3-8-24-47)37-39-61(67(65)69-49-27-11-5-12-28-49)73-57-35-17-15-33-55(57)63-59(73)41-42-60-64(63)56-34-16-18-36-58(56)74(60)62-40-38-54(48-25-9-4-10-26-48)66(72-52-32-20-22-46(2)44-52)68(62)70-50-29-13-6-14-30-50/h3-44,69-72H,1-2H3. The van der Waals surface area contributed by atoms with Crippen molar-refractivity contribution in [1.29, 1.82) is 0 Å². The SMILES string of the molecule is Cc1cccc(Nc2c(-c3ccccc3)ccc(-n3c4ccccc4c4c5c6ccccc6n(-c6ccc(-c7ccccc7)c(Nc7cccc(C)c7)c6Nc6ccccc6)c5ccc43)c2Nc2ccccc2)c1. The Morgan fingerprint density at radius 1 is 0.270 bits per heavy atom. The molecule has 0 spiro atoms. The van der Waals surface area contributed by atoms with Crippen LogP contribution in [0.3, 0.4) is 0 Å². The van der Waals surface area contributed by atoms with Gasteiger partial charge in [-0.3, -0.25) is 0 Å². The number of hydrogen-bond donors (Lipinski definition) is 4. The third-order valence-corrected chi connectivity index (χ3v) is 14.2. The van der Waals surface area contributed by atoms with Crippen molar-refractivity contribution in [2.24, 2.45) is 0 Å². The molecule has 2 heterocycles. The summed E-state index contributed by atoms with van der Waals surface area (Å²) in [4.78, 5) is 0. The number of nitrogens with one attached hydrogen (secondary N) is 4. The second-order valence-electron chi connectivity index (χ2n) is 19.0. The van der Waals surface area contributed by atoms with Crippen LogP contribution in [0.15, 0.2) is 255 Å². The molecule has 4 N–H and O–H groups in total. The second-order valence-corrected chi connectivity index (χ2v) is 19.0. The van der Waals surface area contributed by atoms with E-state index >= 15 is 0 Å². The maximum atomic E-state index is 3.96. The lowest BCUT2D eigenvalue weighted by Crippen LogP contribution is -2.06. The minimum absolute atomic E-state index is 0.966. The molecule has 0 aliphatic rings. The number of hydrogen-bond acceptors (Lipinski definition) is 4. The number of aromatic nitrogens is 2. The molecular weight excluding hydrogens is 901 g/mol. The lowest BCUT2D eigenvalue weighted by molar-refractivity contribution is 1.17. The summed E-state index contributed by atoms with van der Waals surface area (Å²) in [7, 11) is 0. The second kappa shape index (κ2) is 18.8. The molecule has 6 heteroatoms. The van der Waals surface area contributed by atoms with Crippen LogP contribution in [-0.4, -0.2) is 9.13 Å². The molecule has 0 bridgehead atoms. The van der Waals surface area contributed by atoms with Gasteiger partial charge in [0.25, 0.3) is 0 Å². The Balaban J connectivity index is 1.10. The van der Waals surface area contributed by atoms with E-state index in [1.807, 2.05) is 0 Å². The van der Waals surface area contributed by atoms with Crippen LogP contribution >= 0.6 is 0 Å². The zero-order valence-corrected chi connectivity index (χ0v) is 41.1. The van der Waals surface area contributed by atoms with Crippen molar-refractivity contribution >= 4 is 89.1 Å². The molecule has 0 saturated carbocycles. The molecule has 2 aromatic heterocycles. The van der Waals surface area contributed by atoms with Gasteiger partial charge in [0, 0.05) is 55.4 Å². The summed E-state index contributed by atoms with van der Waals surface area (Å²) in [6.07, 6.45) is 0. The van der Waals surface area contributed by atoms with E-state index < -0.39 is 0 Å². The van der Waals surface area contributed by atoms with E-state index in [9.17, 15) is 0 Å². The van der Waals surface area contributed by atoms with Crippen LogP contribution in [-0.2, 0) is 0 Å². The van der Waals surface area contributed by atoms with Crippen LogP contribution in [0.25, 0.3) is 77.2 Å². The van der Waals surface area contributed by atoms with Gasteiger partial charge < -0.3 is 30.4 Å². The van der Waals surface area contributed by atoms with Gasteiger partial charge in [-0.25, -0.2) is 0 Å². The molecule has 74 heavy (non-hydrogen) atoms. The van der Waals surface area contributed by atoms with Gasteiger partial charge in [-0.15, -0.1) is 0 Å². The fourth-order valence-corrected chi connectivity index (χ4v) is 10.9. The van der Waals surface area contributed by atoms with E-state index in [0.29, 0.717) is 0 Å². The fourth-order valence-electron chi connectivity index (χ4n) is 10.9. The van der Waals surface area contributed by atoms with E-state index in [0.717, 1.165) is 101 Å². The van der Waals surface area contributed by atoms with E-state index in [4.69, 9.17) is 0 Å². The Labute approximate surface area is 430 Å². The Kier molecular flexibility index (Phi) is 11.2. The van der Waals surface area contributed by atoms with Crippen molar-refractivity contribution in [2.75, 3.05) is 21.3 Å². The highest BCUT2D eigenvalue weighted by atomic mass is 15.1. The smallest absolute Gasteiger partial charge is 0.0874 e. The maximum Gasteiger partial charge on any atom is 0.0874 e. The molecule has 13 aromatic rings. The summed E-state index contributed by atoms with van der Waals surface area (Å²) in [5.41, 5.74) is 21.2. The van der Waals surface area contributed by atoms with Crippen LogP contribution in [0, 0.1) is 13.8 Å². The Hall–Kier alpha value is -9.78. The van der Waals surface area contributed by atoms with E-state index in [-0.39, 0.29) is 0 Å². The van der Waals surface area contributed by atoms with E-state index in [1.54, 1.807) is 0 Å². The van der Waals surface area contributed by atoms with Gasteiger partial charge in [0.15, 0.2) is 0 Å². The topological polar surface area (TPSA) is 58.0 Å². The highest BCUT2D eigenvalue weighted by Gasteiger charge is 2.26. The molecule has 0 atom stereocenters. The first kappa shape index (κ1) is 44.2. The largest absolute Gasteiger partial charge is 0.353 e. The van der Waals surface area contributed by atoms with Gasteiger partial charge in [0.05, 0.1) is 56.2 Å². The van der Waals surface area contributed by atoms with Gasteiger partial charge in [-0.05, 0) is 121 Å². The molecule has 354 valence electrons. The molecule has 11 aromatic carbocycles.